The van der Waals surface area contributed by atoms with Gasteiger partial charge < -0.3 is 10.1 Å². The second-order valence-corrected chi connectivity index (χ2v) is 5.51. The summed E-state index contributed by atoms with van der Waals surface area (Å²) in [5.41, 5.74) is 1.36. The molecule has 0 aliphatic rings. The number of carbonyl (C=O) groups is 1. The highest BCUT2D eigenvalue weighted by Gasteiger charge is 2.09. The highest BCUT2D eigenvalue weighted by atomic mass is 79.9. The van der Waals surface area contributed by atoms with Crippen molar-refractivity contribution < 1.29 is 9.53 Å². The first-order chi connectivity index (χ1) is 10.2. The van der Waals surface area contributed by atoms with E-state index in [1.165, 1.54) is 0 Å². The van der Waals surface area contributed by atoms with Crippen molar-refractivity contribution in [2.75, 3.05) is 11.9 Å². The van der Waals surface area contributed by atoms with Crippen LogP contribution in [0.25, 0.3) is 0 Å². The predicted molar refractivity (Wildman–Crippen MR) is 88.9 cm³/mol. The third kappa shape index (κ3) is 4.60. The van der Waals surface area contributed by atoms with E-state index in [1.807, 2.05) is 42.5 Å². The van der Waals surface area contributed by atoms with Gasteiger partial charge in [-0.2, -0.15) is 0 Å². The number of nitrogens with one attached hydrogen (secondary N) is 1. The second kappa shape index (κ2) is 7.84. The summed E-state index contributed by atoms with van der Waals surface area (Å²) in [6.07, 6.45) is 2.15. The summed E-state index contributed by atoms with van der Waals surface area (Å²) in [7, 11) is 0. The summed E-state index contributed by atoms with van der Waals surface area (Å²) in [5.74, 6) is 0.685. The highest BCUT2D eigenvalue weighted by molar-refractivity contribution is 9.10. The van der Waals surface area contributed by atoms with E-state index in [0.717, 1.165) is 35.4 Å². The van der Waals surface area contributed by atoms with Gasteiger partial charge in [0.25, 0.3) is 5.91 Å². The van der Waals surface area contributed by atoms with E-state index < -0.39 is 0 Å². The average Bonchev–Trinajstić information content (AvgIpc) is 2.49. The molecular weight excluding hydrogens is 330 g/mol. The van der Waals surface area contributed by atoms with E-state index in [2.05, 4.69) is 28.2 Å². The Morgan fingerprint density at radius 3 is 2.52 bits per heavy atom. The first-order valence-electron chi connectivity index (χ1n) is 6.99. The summed E-state index contributed by atoms with van der Waals surface area (Å²) >= 11 is 3.38. The van der Waals surface area contributed by atoms with E-state index in [0.29, 0.717) is 5.56 Å². The molecule has 2 aromatic rings. The molecule has 1 N–H and O–H groups in total. The van der Waals surface area contributed by atoms with Crippen LogP contribution in [0, 0.1) is 0 Å². The number of unbranched alkanes of at least 4 members (excludes halogenated alkanes) is 1. The van der Waals surface area contributed by atoms with Crippen LogP contribution in [-0.4, -0.2) is 12.5 Å². The number of rotatable bonds is 6. The SMILES string of the molecule is CCCCOc1ccc(NC(=O)c2ccccc2Br)cc1. The number of amides is 1. The van der Waals surface area contributed by atoms with Crippen LogP contribution in [0.15, 0.2) is 53.0 Å². The van der Waals surface area contributed by atoms with Gasteiger partial charge in [-0.15, -0.1) is 0 Å². The molecule has 0 saturated heterocycles. The van der Waals surface area contributed by atoms with Crippen LogP contribution in [0.1, 0.15) is 30.1 Å². The Hall–Kier alpha value is -1.81. The summed E-state index contributed by atoms with van der Waals surface area (Å²) in [6, 6.07) is 14.8. The molecule has 0 aliphatic heterocycles. The lowest BCUT2D eigenvalue weighted by atomic mass is 10.2. The fourth-order valence-electron chi connectivity index (χ4n) is 1.81. The van der Waals surface area contributed by atoms with Crippen molar-refractivity contribution in [3.8, 4) is 5.75 Å². The Kier molecular flexibility index (Phi) is 5.81. The minimum atomic E-state index is -0.137. The maximum absolute atomic E-state index is 12.2. The van der Waals surface area contributed by atoms with Gasteiger partial charge in [-0.25, -0.2) is 0 Å². The Bertz CT molecular complexity index is 596. The largest absolute Gasteiger partial charge is 0.494 e. The third-order valence-corrected chi connectivity index (χ3v) is 3.69. The Morgan fingerprint density at radius 1 is 1.14 bits per heavy atom. The van der Waals surface area contributed by atoms with Crippen molar-refractivity contribution in [1.82, 2.24) is 0 Å². The molecular formula is C17H18BrNO2. The summed E-state index contributed by atoms with van der Waals surface area (Å²) in [4.78, 5) is 12.2. The Labute approximate surface area is 133 Å². The number of halogens is 1. The molecule has 0 bridgehead atoms. The summed E-state index contributed by atoms with van der Waals surface area (Å²) < 4.78 is 6.37. The molecule has 0 unspecified atom stereocenters. The molecule has 0 saturated carbocycles. The smallest absolute Gasteiger partial charge is 0.256 e. The normalized spacial score (nSPS) is 10.2. The molecule has 0 radical (unpaired) electrons. The second-order valence-electron chi connectivity index (χ2n) is 4.66. The maximum atomic E-state index is 12.2. The van der Waals surface area contributed by atoms with Crippen LogP contribution in [0.5, 0.6) is 5.75 Å². The highest BCUT2D eigenvalue weighted by Crippen LogP contribution is 2.20. The van der Waals surface area contributed by atoms with Crippen molar-refractivity contribution in [3.05, 3.63) is 58.6 Å². The molecule has 0 fully saturated rings. The van der Waals surface area contributed by atoms with Gasteiger partial charge in [0.1, 0.15) is 5.75 Å². The predicted octanol–water partition coefficient (Wildman–Crippen LogP) is 4.88. The van der Waals surface area contributed by atoms with Crippen molar-refractivity contribution >= 4 is 27.5 Å². The standard InChI is InChI=1S/C17H18BrNO2/c1-2-3-12-21-14-10-8-13(9-11-14)19-17(20)15-6-4-5-7-16(15)18/h4-11H,2-3,12H2,1H3,(H,19,20). The van der Waals surface area contributed by atoms with Crippen LogP contribution in [0.3, 0.4) is 0 Å². The van der Waals surface area contributed by atoms with Crippen molar-refractivity contribution in [3.63, 3.8) is 0 Å². The number of carbonyl (C=O) groups excluding carboxylic acids is 1. The first-order valence-corrected chi connectivity index (χ1v) is 7.78. The van der Waals surface area contributed by atoms with Crippen LogP contribution in [-0.2, 0) is 0 Å². The molecule has 0 aliphatic carbocycles. The third-order valence-electron chi connectivity index (χ3n) is 3.00. The molecule has 21 heavy (non-hydrogen) atoms. The van der Waals surface area contributed by atoms with E-state index >= 15 is 0 Å². The van der Waals surface area contributed by atoms with E-state index in [-0.39, 0.29) is 5.91 Å². The van der Waals surface area contributed by atoms with E-state index in [9.17, 15) is 4.79 Å². The summed E-state index contributed by atoms with van der Waals surface area (Å²) in [6.45, 7) is 2.85. The van der Waals surface area contributed by atoms with E-state index in [4.69, 9.17) is 4.74 Å². The zero-order valence-corrected chi connectivity index (χ0v) is 13.5. The molecule has 3 nitrogen and oxygen atoms in total. The molecule has 2 aromatic carbocycles. The van der Waals surface area contributed by atoms with Crippen molar-refractivity contribution in [1.29, 1.82) is 0 Å². The van der Waals surface area contributed by atoms with Gasteiger partial charge in [0.2, 0.25) is 0 Å². The number of anilines is 1. The van der Waals surface area contributed by atoms with Gasteiger partial charge in [-0.3, -0.25) is 4.79 Å². The van der Waals surface area contributed by atoms with Gasteiger partial charge in [0, 0.05) is 10.2 Å². The lowest BCUT2D eigenvalue weighted by Gasteiger charge is -2.09. The first kappa shape index (κ1) is 15.6. The zero-order chi connectivity index (χ0) is 15.1. The minimum Gasteiger partial charge on any atom is -0.494 e. The van der Waals surface area contributed by atoms with Crippen LogP contribution < -0.4 is 10.1 Å². The Morgan fingerprint density at radius 2 is 1.86 bits per heavy atom. The minimum absolute atomic E-state index is 0.137. The fraction of sp³-hybridized carbons (Fsp3) is 0.235. The number of ether oxygens (including phenoxy) is 1. The van der Waals surface area contributed by atoms with E-state index in [1.54, 1.807) is 6.07 Å². The average molecular weight is 348 g/mol. The van der Waals surface area contributed by atoms with Crippen molar-refractivity contribution in [2.24, 2.45) is 0 Å². The van der Waals surface area contributed by atoms with Crippen LogP contribution >= 0.6 is 15.9 Å². The van der Waals surface area contributed by atoms with Crippen molar-refractivity contribution in [2.45, 2.75) is 19.8 Å². The quantitative estimate of drug-likeness (QED) is 0.756. The molecule has 2 rings (SSSR count). The topological polar surface area (TPSA) is 38.3 Å². The van der Waals surface area contributed by atoms with Gasteiger partial charge in [-0.05, 0) is 58.7 Å². The van der Waals surface area contributed by atoms with Gasteiger partial charge in [-0.1, -0.05) is 25.5 Å². The molecule has 110 valence electrons. The van der Waals surface area contributed by atoms with Gasteiger partial charge >= 0.3 is 0 Å². The number of hydrogen-bond donors (Lipinski definition) is 1. The molecule has 0 spiro atoms. The molecule has 4 heteroatoms. The molecule has 1 amide bonds. The lowest BCUT2D eigenvalue weighted by molar-refractivity contribution is 0.102. The molecule has 0 aromatic heterocycles. The summed E-state index contributed by atoms with van der Waals surface area (Å²) in [5, 5.41) is 2.87. The number of benzene rings is 2. The zero-order valence-electron chi connectivity index (χ0n) is 11.9. The fourth-order valence-corrected chi connectivity index (χ4v) is 2.28. The number of hydrogen-bond acceptors (Lipinski definition) is 2. The monoisotopic (exact) mass is 347 g/mol. The van der Waals surface area contributed by atoms with Gasteiger partial charge in [0.05, 0.1) is 12.2 Å². The Balaban J connectivity index is 1.97. The van der Waals surface area contributed by atoms with Crippen LogP contribution in [0.2, 0.25) is 0 Å². The van der Waals surface area contributed by atoms with Crippen LogP contribution in [0.4, 0.5) is 5.69 Å². The molecule has 0 heterocycles. The van der Waals surface area contributed by atoms with Gasteiger partial charge in [0.15, 0.2) is 0 Å². The maximum Gasteiger partial charge on any atom is 0.256 e. The lowest BCUT2D eigenvalue weighted by Crippen LogP contribution is -2.12. The molecule has 0 atom stereocenters.